The van der Waals surface area contributed by atoms with Gasteiger partial charge in [-0.05, 0) is 41.4 Å². The zero-order chi connectivity index (χ0) is 15.5. The molecule has 0 N–H and O–H groups in total. The molecule has 0 spiro atoms. The first-order chi connectivity index (χ1) is 9.83. The molecular formula is C19H28O2. The fourth-order valence-electron chi connectivity index (χ4n) is 3.29. The Labute approximate surface area is 128 Å². The SMILES string of the molecule is CC(CC(=O)CCc1ccc2c(c1)CCO2)CC(C)(C)C. The third-order valence-electron chi connectivity index (χ3n) is 3.98. The van der Waals surface area contributed by atoms with Crippen molar-refractivity contribution in [2.75, 3.05) is 6.61 Å². The Morgan fingerprint density at radius 3 is 2.81 bits per heavy atom. The smallest absolute Gasteiger partial charge is 0.133 e. The first kappa shape index (κ1) is 16.1. The van der Waals surface area contributed by atoms with Gasteiger partial charge in [0.1, 0.15) is 11.5 Å². The second kappa shape index (κ2) is 6.64. The number of Topliss-reactive ketones (excluding diaryl/α,β-unsaturated/α-hetero) is 1. The van der Waals surface area contributed by atoms with Crippen LogP contribution in [-0.4, -0.2) is 12.4 Å². The number of benzene rings is 1. The van der Waals surface area contributed by atoms with Crippen molar-refractivity contribution < 1.29 is 9.53 Å². The van der Waals surface area contributed by atoms with E-state index in [0.29, 0.717) is 30.0 Å². The second-order valence-electron chi connectivity index (χ2n) is 7.65. The minimum absolute atomic E-state index is 0.305. The maximum atomic E-state index is 12.1. The van der Waals surface area contributed by atoms with Crippen molar-refractivity contribution in [1.82, 2.24) is 0 Å². The Morgan fingerprint density at radius 1 is 1.33 bits per heavy atom. The van der Waals surface area contributed by atoms with Gasteiger partial charge in [0.25, 0.3) is 0 Å². The highest BCUT2D eigenvalue weighted by Gasteiger charge is 2.18. The summed E-state index contributed by atoms with van der Waals surface area (Å²) in [5, 5.41) is 0. The summed E-state index contributed by atoms with van der Waals surface area (Å²) < 4.78 is 5.51. The van der Waals surface area contributed by atoms with Crippen LogP contribution in [0.4, 0.5) is 0 Å². The number of rotatable bonds is 6. The highest BCUT2D eigenvalue weighted by Crippen LogP contribution is 2.28. The molecule has 1 heterocycles. The van der Waals surface area contributed by atoms with Crippen LogP contribution in [0.25, 0.3) is 0 Å². The monoisotopic (exact) mass is 288 g/mol. The van der Waals surface area contributed by atoms with Crippen LogP contribution in [0.5, 0.6) is 5.75 Å². The van der Waals surface area contributed by atoms with Gasteiger partial charge in [-0.2, -0.15) is 0 Å². The molecule has 2 rings (SSSR count). The van der Waals surface area contributed by atoms with Gasteiger partial charge >= 0.3 is 0 Å². The Morgan fingerprint density at radius 2 is 2.10 bits per heavy atom. The van der Waals surface area contributed by atoms with Gasteiger partial charge in [0, 0.05) is 19.3 Å². The summed E-state index contributed by atoms with van der Waals surface area (Å²) in [6, 6.07) is 6.34. The standard InChI is InChI=1S/C19H28O2/c1-14(13-19(2,3)4)11-17(20)7-5-15-6-8-18-16(12-15)9-10-21-18/h6,8,12,14H,5,7,9-11,13H2,1-4H3. The van der Waals surface area contributed by atoms with Crippen molar-refractivity contribution in [2.24, 2.45) is 11.3 Å². The number of carbonyl (C=O) groups excluding carboxylic acids is 1. The van der Waals surface area contributed by atoms with E-state index in [9.17, 15) is 4.79 Å². The van der Waals surface area contributed by atoms with Crippen LogP contribution in [0.3, 0.4) is 0 Å². The van der Waals surface area contributed by atoms with E-state index in [1.54, 1.807) is 0 Å². The molecule has 1 atom stereocenters. The molecule has 1 aliphatic heterocycles. The van der Waals surface area contributed by atoms with E-state index < -0.39 is 0 Å². The molecule has 0 fully saturated rings. The molecule has 21 heavy (non-hydrogen) atoms. The van der Waals surface area contributed by atoms with Crippen molar-refractivity contribution in [2.45, 2.75) is 59.8 Å². The molecule has 0 radical (unpaired) electrons. The first-order valence-electron chi connectivity index (χ1n) is 8.10. The van der Waals surface area contributed by atoms with E-state index in [-0.39, 0.29) is 0 Å². The minimum atomic E-state index is 0.305. The number of hydrogen-bond donors (Lipinski definition) is 0. The molecule has 2 nitrogen and oxygen atoms in total. The van der Waals surface area contributed by atoms with Gasteiger partial charge in [-0.25, -0.2) is 0 Å². The third-order valence-corrected chi connectivity index (χ3v) is 3.98. The van der Waals surface area contributed by atoms with Gasteiger partial charge in [-0.15, -0.1) is 0 Å². The summed E-state index contributed by atoms with van der Waals surface area (Å²) in [5.41, 5.74) is 2.86. The van der Waals surface area contributed by atoms with Crippen LogP contribution in [0.2, 0.25) is 0 Å². The largest absolute Gasteiger partial charge is 0.493 e. The molecule has 1 aromatic rings. The summed E-state index contributed by atoms with van der Waals surface area (Å²) in [6.07, 6.45) is 4.34. The van der Waals surface area contributed by atoms with Crippen molar-refractivity contribution in [1.29, 1.82) is 0 Å². The molecule has 116 valence electrons. The number of fused-ring (bicyclic) bond motifs is 1. The van der Waals surface area contributed by atoms with E-state index in [1.807, 2.05) is 6.07 Å². The fourth-order valence-corrected chi connectivity index (χ4v) is 3.29. The lowest BCUT2D eigenvalue weighted by Crippen LogP contribution is -2.14. The molecule has 0 aromatic heterocycles. The molecule has 1 aromatic carbocycles. The van der Waals surface area contributed by atoms with Crippen LogP contribution in [0.1, 0.15) is 58.1 Å². The minimum Gasteiger partial charge on any atom is -0.493 e. The predicted molar refractivity (Wildman–Crippen MR) is 86.8 cm³/mol. The summed E-state index contributed by atoms with van der Waals surface area (Å²) in [7, 11) is 0. The molecular weight excluding hydrogens is 260 g/mol. The Hall–Kier alpha value is -1.31. The maximum Gasteiger partial charge on any atom is 0.133 e. The van der Waals surface area contributed by atoms with Crippen LogP contribution < -0.4 is 4.74 Å². The zero-order valence-electron chi connectivity index (χ0n) is 13.9. The summed E-state index contributed by atoms with van der Waals surface area (Å²) in [5.74, 6) is 1.89. The third kappa shape index (κ3) is 5.18. The summed E-state index contributed by atoms with van der Waals surface area (Å²) in [4.78, 5) is 12.1. The summed E-state index contributed by atoms with van der Waals surface area (Å²) >= 11 is 0. The van der Waals surface area contributed by atoms with Crippen molar-refractivity contribution in [3.8, 4) is 5.75 Å². The maximum absolute atomic E-state index is 12.1. The van der Waals surface area contributed by atoms with E-state index >= 15 is 0 Å². The Bertz CT molecular complexity index is 497. The van der Waals surface area contributed by atoms with Crippen molar-refractivity contribution in [3.05, 3.63) is 29.3 Å². The van der Waals surface area contributed by atoms with Crippen LogP contribution >= 0.6 is 0 Å². The lowest BCUT2D eigenvalue weighted by Gasteiger charge is -2.22. The number of aryl methyl sites for hydroxylation is 1. The average Bonchev–Trinajstić information content (AvgIpc) is 2.81. The van der Waals surface area contributed by atoms with Gasteiger partial charge in [0.2, 0.25) is 0 Å². The molecule has 0 aliphatic carbocycles. The van der Waals surface area contributed by atoms with E-state index in [1.165, 1.54) is 11.1 Å². The van der Waals surface area contributed by atoms with Crippen molar-refractivity contribution in [3.63, 3.8) is 0 Å². The normalized spacial score (nSPS) is 15.4. The molecule has 0 saturated heterocycles. The van der Waals surface area contributed by atoms with Crippen LogP contribution in [-0.2, 0) is 17.6 Å². The lowest BCUT2D eigenvalue weighted by atomic mass is 9.83. The number of ether oxygens (including phenoxy) is 1. The molecule has 1 unspecified atom stereocenters. The van der Waals surface area contributed by atoms with Crippen LogP contribution in [0, 0.1) is 11.3 Å². The number of carbonyl (C=O) groups is 1. The Balaban J connectivity index is 1.79. The number of hydrogen-bond acceptors (Lipinski definition) is 2. The van der Waals surface area contributed by atoms with Gasteiger partial charge in [0.05, 0.1) is 6.61 Å². The molecule has 2 heteroatoms. The predicted octanol–water partition coefficient (Wildman–Crippen LogP) is 4.59. The van der Waals surface area contributed by atoms with E-state index in [2.05, 4.69) is 39.8 Å². The molecule has 1 aliphatic rings. The molecule has 0 amide bonds. The molecule has 0 bridgehead atoms. The first-order valence-corrected chi connectivity index (χ1v) is 8.10. The van der Waals surface area contributed by atoms with Crippen LogP contribution in [0.15, 0.2) is 18.2 Å². The number of ketones is 1. The highest BCUT2D eigenvalue weighted by atomic mass is 16.5. The van der Waals surface area contributed by atoms with Gasteiger partial charge in [-0.1, -0.05) is 39.8 Å². The van der Waals surface area contributed by atoms with Crippen molar-refractivity contribution >= 4 is 5.78 Å². The van der Waals surface area contributed by atoms with E-state index in [0.717, 1.165) is 31.6 Å². The van der Waals surface area contributed by atoms with Gasteiger partial charge < -0.3 is 4.74 Å². The fraction of sp³-hybridized carbons (Fsp3) is 0.632. The van der Waals surface area contributed by atoms with Gasteiger partial charge in [-0.3, -0.25) is 4.79 Å². The second-order valence-corrected chi connectivity index (χ2v) is 7.65. The van der Waals surface area contributed by atoms with E-state index in [4.69, 9.17) is 4.74 Å². The summed E-state index contributed by atoms with van der Waals surface area (Å²) in [6.45, 7) is 9.69. The molecule has 0 saturated carbocycles. The highest BCUT2D eigenvalue weighted by molar-refractivity contribution is 5.78. The average molecular weight is 288 g/mol. The van der Waals surface area contributed by atoms with Gasteiger partial charge in [0.15, 0.2) is 0 Å². The Kier molecular flexibility index (Phi) is 5.08. The lowest BCUT2D eigenvalue weighted by molar-refractivity contribution is -0.120. The zero-order valence-corrected chi connectivity index (χ0v) is 13.9. The quantitative estimate of drug-likeness (QED) is 0.765. The topological polar surface area (TPSA) is 26.3 Å².